The number of benzene rings is 2. The molecule has 5 heteroatoms. The zero-order chi connectivity index (χ0) is 19.8. The van der Waals surface area contributed by atoms with E-state index in [1.54, 1.807) is 0 Å². The summed E-state index contributed by atoms with van der Waals surface area (Å²) in [7, 11) is 0. The number of Topliss-reactive ketones (excluding diaryl/α,β-unsaturated/α-hetero) is 1. The van der Waals surface area contributed by atoms with Gasteiger partial charge in [0.15, 0.2) is 0 Å². The van der Waals surface area contributed by atoms with E-state index in [4.69, 9.17) is 5.73 Å². The number of ketones is 1. The lowest BCUT2D eigenvalue weighted by atomic mass is 9.85. The van der Waals surface area contributed by atoms with E-state index in [2.05, 4.69) is 12.2 Å². The molecular formula is C22H28N2O3. The summed E-state index contributed by atoms with van der Waals surface area (Å²) in [6.07, 6.45) is 5.93. The molecule has 144 valence electrons. The lowest BCUT2D eigenvalue weighted by molar-refractivity contribution is -0.137. The third kappa shape index (κ3) is 5.64. The fourth-order valence-corrected chi connectivity index (χ4v) is 3.43. The Balaban J connectivity index is 2.37. The normalized spacial score (nSPS) is 11.9. The summed E-state index contributed by atoms with van der Waals surface area (Å²) in [6.45, 7) is 3.61. The van der Waals surface area contributed by atoms with Gasteiger partial charge in [0.2, 0.25) is 11.7 Å². The van der Waals surface area contributed by atoms with Crippen molar-refractivity contribution in [3.63, 3.8) is 0 Å². The third-order valence-electron chi connectivity index (χ3n) is 4.77. The van der Waals surface area contributed by atoms with Gasteiger partial charge in [0.25, 0.3) is 5.91 Å². The predicted molar refractivity (Wildman–Crippen MR) is 109 cm³/mol. The van der Waals surface area contributed by atoms with E-state index in [9.17, 15) is 14.4 Å². The van der Waals surface area contributed by atoms with E-state index in [0.29, 0.717) is 12.1 Å². The van der Waals surface area contributed by atoms with Crippen LogP contribution in [0.3, 0.4) is 0 Å². The first-order chi connectivity index (χ1) is 12.9. The predicted octanol–water partition coefficient (Wildman–Crippen LogP) is 4.30. The van der Waals surface area contributed by atoms with Gasteiger partial charge in [-0.25, -0.2) is 0 Å². The van der Waals surface area contributed by atoms with Crippen LogP contribution < -0.4 is 11.1 Å². The first-order valence-electron chi connectivity index (χ1n) is 9.58. The maximum absolute atomic E-state index is 12.5. The Hall–Kier alpha value is -2.69. The van der Waals surface area contributed by atoms with Gasteiger partial charge in [-0.15, -0.1) is 0 Å². The Morgan fingerprint density at radius 3 is 2.44 bits per heavy atom. The number of rotatable bonds is 10. The van der Waals surface area contributed by atoms with E-state index >= 15 is 0 Å². The number of unbranched alkanes of at least 4 members (excludes halogenated alkanes) is 4. The number of fused-ring (bicyclic) bond motifs is 1. The van der Waals surface area contributed by atoms with E-state index < -0.39 is 17.6 Å². The summed E-state index contributed by atoms with van der Waals surface area (Å²) >= 11 is 0. The Kier molecular flexibility index (Phi) is 7.53. The average Bonchev–Trinajstić information content (AvgIpc) is 2.63. The van der Waals surface area contributed by atoms with Crippen LogP contribution in [0.4, 0.5) is 5.69 Å². The van der Waals surface area contributed by atoms with Gasteiger partial charge in [0.1, 0.15) is 0 Å². The summed E-state index contributed by atoms with van der Waals surface area (Å²) in [5, 5.41) is 4.58. The zero-order valence-corrected chi connectivity index (χ0v) is 16.1. The van der Waals surface area contributed by atoms with Crippen molar-refractivity contribution in [3.05, 3.63) is 42.0 Å². The first kappa shape index (κ1) is 20.6. The summed E-state index contributed by atoms with van der Waals surface area (Å²) in [5.41, 5.74) is 6.77. The maximum Gasteiger partial charge on any atom is 0.285 e. The van der Waals surface area contributed by atoms with Crippen LogP contribution in [0.25, 0.3) is 10.8 Å². The van der Waals surface area contributed by atoms with Gasteiger partial charge in [-0.2, -0.15) is 0 Å². The maximum atomic E-state index is 12.5. The molecule has 0 aliphatic carbocycles. The standard InChI is InChI=1S/C22H28N2O3/c1-3-4-5-6-7-10-19(21(26)22(23)27)18-11-8-9-16-12-13-17(14-20(16)18)24-15(2)25/h8-9,11-14,19H,3-7,10H2,1-2H3,(H2,23,27)(H,24,25). The summed E-state index contributed by atoms with van der Waals surface area (Å²) in [5.74, 6) is -2.17. The minimum atomic E-state index is -0.899. The second kappa shape index (κ2) is 9.86. The molecule has 2 amide bonds. The minimum absolute atomic E-state index is 0.160. The van der Waals surface area contributed by atoms with Crippen molar-refractivity contribution in [2.45, 2.75) is 58.3 Å². The minimum Gasteiger partial charge on any atom is -0.363 e. The Morgan fingerprint density at radius 1 is 1.04 bits per heavy atom. The molecule has 0 saturated carbocycles. The number of hydrogen-bond donors (Lipinski definition) is 2. The second-order valence-corrected chi connectivity index (χ2v) is 6.95. The molecule has 2 aromatic carbocycles. The molecule has 1 atom stereocenters. The van der Waals surface area contributed by atoms with E-state index in [0.717, 1.165) is 42.0 Å². The number of hydrogen-bond acceptors (Lipinski definition) is 3. The third-order valence-corrected chi connectivity index (χ3v) is 4.77. The highest BCUT2D eigenvalue weighted by Gasteiger charge is 2.26. The van der Waals surface area contributed by atoms with Gasteiger partial charge < -0.3 is 11.1 Å². The number of amides is 2. The molecule has 5 nitrogen and oxygen atoms in total. The van der Waals surface area contributed by atoms with Crippen LogP contribution in [0.1, 0.15) is 63.9 Å². The lowest BCUT2D eigenvalue weighted by Crippen LogP contribution is -2.29. The number of carbonyl (C=O) groups excluding carboxylic acids is 3. The Bertz CT molecular complexity index is 829. The summed E-state index contributed by atoms with van der Waals surface area (Å²) in [4.78, 5) is 35.5. The molecule has 0 radical (unpaired) electrons. The molecule has 0 fully saturated rings. The van der Waals surface area contributed by atoms with E-state index in [-0.39, 0.29) is 5.91 Å². The van der Waals surface area contributed by atoms with E-state index in [1.807, 2.05) is 36.4 Å². The summed E-state index contributed by atoms with van der Waals surface area (Å²) < 4.78 is 0. The average molecular weight is 368 g/mol. The quantitative estimate of drug-likeness (QED) is 0.484. The van der Waals surface area contributed by atoms with Gasteiger partial charge in [-0.1, -0.05) is 63.3 Å². The number of carbonyl (C=O) groups is 3. The number of anilines is 1. The zero-order valence-electron chi connectivity index (χ0n) is 16.1. The molecule has 0 aliphatic rings. The molecule has 0 bridgehead atoms. The Labute approximate surface area is 160 Å². The van der Waals surface area contributed by atoms with Crippen LogP contribution in [0, 0.1) is 0 Å². The fraction of sp³-hybridized carbons (Fsp3) is 0.409. The SMILES string of the molecule is CCCCCCCC(C(=O)C(N)=O)c1cccc2ccc(NC(C)=O)cc12. The Morgan fingerprint density at radius 2 is 1.78 bits per heavy atom. The molecule has 2 aromatic rings. The highest BCUT2D eigenvalue weighted by Crippen LogP contribution is 2.32. The topological polar surface area (TPSA) is 89.3 Å². The summed E-state index contributed by atoms with van der Waals surface area (Å²) in [6, 6.07) is 11.3. The second-order valence-electron chi connectivity index (χ2n) is 6.95. The van der Waals surface area contributed by atoms with Crippen molar-refractivity contribution >= 4 is 34.1 Å². The van der Waals surface area contributed by atoms with Gasteiger partial charge in [-0.05, 0) is 34.9 Å². The van der Waals surface area contributed by atoms with Gasteiger partial charge in [0, 0.05) is 12.6 Å². The molecule has 0 aromatic heterocycles. The van der Waals surface area contributed by atoms with E-state index in [1.165, 1.54) is 13.3 Å². The molecule has 27 heavy (non-hydrogen) atoms. The van der Waals surface area contributed by atoms with Crippen molar-refractivity contribution in [1.82, 2.24) is 0 Å². The van der Waals surface area contributed by atoms with Crippen LogP contribution in [0.15, 0.2) is 36.4 Å². The molecule has 1 unspecified atom stereocenters. The van der Waals surface area contributed by atoms with Crippen LogP contribution in [-0.4, -0.2) is 17.6 Å². The van der Waals surface area contributed by atoms with Gasteiger partial charge in [-0.3, -0.25) is 14.4 Å². The number of nitrogens with one attached hydrogen (secondary N) is 1. The van der Waals surface area contributed by atoms with Crippen LogP contribution in [0.5, 0.6) is 0 Å². The van der Waals surface area contributed by atoms with Crippen molar-refractivity contribution in [1.29, 1.82) is 0 Å². The van der Waals surface area contributed by atoms with Crippen molar-refractivity contribution < 1.29 is 14.4 Å². The number of primary amides is 1. The molecule has 3 N–H and O–H groups in total. The van der Waals surface area contributed by atoms with Gasteiger partial charge in [0.05, 0.1) is 5.92 Å². The molecule has 0 aliphatic heterocycles. The monoisotopic (exact) mass is 368 g/mol. The molecule has 2 rings (SSSR count). The van der Waals surface area contributed by atoms with Crippen LogP contribution in [0.2, 0.25) is 0 Å². The largest absolute Gasteiger partial charge is 0.363 e. The van der Waals surface area contributed by atoms with Gasteiger partial charge >= 0.3 is 0 Å². The van der Waals surface area contributed by atoms with Crippen molar-refractivity contribution in [2.75, 3.05) is 5.32 Å². The van der Waals surface area contributed by atoms with Crippen LogP contribution >= 0.6 is 0 Å². The van der Waals surface area contributed by atoms with Crippen molar-refractivity contribution in [3.8, 4) is 0 Å². The molecular weight excluding hydrogens is 340 g/mol. The molecule has 0 heterocycles. The first-order valence-corrected chi connectivity index (χ1v) is 9.58. The van der Waals surface area contributed by atoms with Crippen LogP contribution in [-0.2, 0) is 14.4 Å². The smallest absolute Gasteiger partial charge is 0.285 e. The molecule has 0 saturated heterocycles. The fourth-order valence-electron chi connectivity index (χ4n) is 3.43. The molecule has 0 spiro atoms. The lowest BCUT2D eigenvalue weighted by Gasteiger charge is -2.18. The highest BCUT2D eigenvalue weighted by atomic mass is 16.2. The number of nitrogens with two attached hydrogens (primary N) is 1. The van der Waals surface area contributed by atoms with Crippen molar-refractivity contribution in [2.24, 2.45) is 5.73 Å². The highest BCUT2D eigenvalue weighted by molar-refractivity contribution is 6.38.